The molecule has 0 nitrogen and oxygen atoms in total. The first kappa shape index (κ1) is 11.0. The van der Waals surface area contributed by atoms with Crippen LogP contribution < -0.4 is 0 Å². The van der Waals surface area contributed by atoms with Gasteiger partial charge in [0.25, 0.3) is 0 Å². The highest BCUT2D eigenvalue weighted by atomic mass is 28.3. The predicted molar refractivity (Wildman–Crippen MR) is 68.0 cm³/mol. The minimum atomic E-state index is -1.18. The second-order valence-corrected chi connectivity index (χ2v) is 8.94. The molecule has 0 heterocycles. The molecule has 1 heteroatoms. The van der Waals surface area contributed by atoms with Crippen molar-refractivity contribution in [2.45, 2.75) is 19.1 Å². The Morgan fingerprint density at radius 1 is 1.21 bits per heavy atom. The Morgan fingerprint density at radius 3 is 2.43 bits per heavy atom. The van der Waals surface area contributed by atoms with Gasteiger partial charge in [-0.15, -0.1) is 6.58 Å². The molecule has 0 aromatic heterocycles. The molecule has 0 saturated heterocycles. The van der Waals surface area contributed by atoms with E-state index in [1.165, 1.54) is 5.56 Å². The maximum Gasteiger partial charge on any atom is 0.0754 e. The summed E-state index contributed by atoms with van der Waals surface area (Å²) in [7, 11) is -1.18. The average molecular weight is 202 g/mol. The quantitative estimate of drug-likeness (QED) is 0.508. The van der Waals surface area contributed by atoms with Gasteiger partial charge in [-0.05, 0) is 11.6 Å². The van der Waals surface area contributed by atoms with Gasteiger partial charge in [0.05, 0.1) is 8.07 Å². The van der Waals surface area contributed by atoms with Crippen molar-refractivity contribution in [3.8, 4) is 0 Å². The molecule has 0 N–H and O–H groups in total. The van der Waals surface area contributed by atoms with Crippen LogP contribution >= 0.6 is 0 Å². The fourth-order valence-corrected chi connectivity index (χ4v) is 2.85. The van der Waals surface area contributed by atoms with Gasteiger partial charge < -0.3 is 0 Å². The average Bonchev–Trinajstić information content (AvgIpc) is 2.17. The van der Waals surface area contributed by atoms with Gasteiger partial charge in [-0.25, -0.2) is 0 Å². The van der Waals surface area contributed by atoms with E-state index < -0.39 is 8.07 Å². The van der Waals surface area contributed by atoms with Crippen LogP contribution in [0.4, 0.5) is 0 Å². The van der Waals surface area contributed by atoms with E-state index in [2.05, 4.69) is 55.7 Å². The number of benzene rings is 1. The third-order valence-corrected chi connectivity index (χ3v) is 4.61. The zero-order valence-corrected chi connectivity index (χ0v) is 10.0. The van der Waals surface area contributed by atoms with Gasteiger partial charge in [0.1, 0.15) is 0 Å². The summed E-state index contributed by atoms with van der Waals surface area (Å²) in [5, 5.41) is 0. The Hall–Kier alpha value is -1.08. The van der Waals surface area contributed by atoms with Crippen molar-refractivity contribution in [1.29, 1.82) is 0 Å². The van der Waals surface area contributed by atoms with Crippen molar-refractivity contribution in [3.63, 3.8) is 0 Å². The Balaban J connectivity index is 2.68. The number of allylic oxidation sites excluding steroid dienone is 1. The van der Waals surface area contributed by atoms with Crippen LogP contribution in [-0.2, 0) is 0 Å². The summed E-state index contributed by atoms with van der Waals surface area (Å²) < 4.78 is 0. The SMILES string of the molecule is C=CC[Si](C)(C)/C=C/c1ccccc1. The highest BCUT2D eigenvalue weighted by Crippen LogP contribution is 2.13. The first-order valence-corrected chi connectivity index (χ1v) is 8.28. The Labute approximate surface area is 88.0 Å². The van der Waals surface area contributed by atoms with Crippen LogP contribution in [0.25, 0.3) is 6.08 Å². The number of rotatable bonds is 4. The van der Waals surface area contributed by atoms with Gasteiger partial charge in [-0.1, -0.05) is 61.3 Å². The summed E-state index contributed by atoms with van der Waals surface area (Å²) in [5.41, 5.74) is 3.67. The van der Waals surface area contributed by atoms with Crippen molar-refractivity contribution in [2.75, 3.05) is 0 Å². The van der Waals surface area contributed by atoms with Gasteiger partial charge in [0.15, 0.2) is 0 Å². The summed E-state index contributed by atoms with van der Waals surface area (Å²) in [6.07, 6.45) is 4.26. The lowest BCUT2D eigenvalue weighted by Crippen LogP contribution is -2.20. The lowest BCUT2D eigenvalue weighted by atomic mass is 10.2. The van der Waals surface area contributed by atoms with Crippen molar-refractivity contribution in [1.82, 2.24) is 0 Å². The molecule has 74 valence electrons. The monoisotopic (exact) mass is 202 g/mol. The third kappa shape index (κ3) is 3.75. The molecule has 0 atom stereocenters. The van der Waals surface area contributed by atoms with Crippen LogP contribution in [0, 0.1) is 0 Å². The molecule has 0 aliphatic rings. The summed E-state index contributed by atoms with van der Waals surface area (Å²) in [6, 6.07) is 11.6. The zero-order valence-electron chi connectivity index (χ0n) is 9.03. The van der Waals surface area contributed by atoms with E-state index in [9.17, 15) is 0 Å². The first-order chi connectivity index (χ1) is 6.64. The first-order valence-electron chi connectivity index (χ1n) is 4.99. The molecular weight excluding hydrogens is 184 g/mol. The van der Waals surface area contributed by atoms with Gasteiger partial charge >= 0.3 is 0 Å². The number of hydrogen-bond donors (Lipinski definition) is 0. The predicted octanol–water partition coefficient (Wildman–Crippen LogP) is 4.13. The van der Waals surface area contributed by atoms with Crippen molar-refractivity contribution in [2.24, 2.45) is 0 Å². The molecule has 0 radical (unpaired) electrons. The van der Waals surface area contributed by atoms with E-state index in [1.54, 1.807) is 0 Å². The van der Waals surface area contributed by atoms with E-state index in [4.69, 9.17) is 0 Å². The molecule has 1 aromatic carbocycles. The molecule has 0 amide bonds. The largest absolute Gasteiger partial charge is 0.103 e. The summed E-state index contributed by atoms with van der Waals surface area (Å²) in [4.78, 5) is 0. The molecular formula is C13H18Si. The fourth-order valence-electron chi connectivity index (χ4n) is 1.33. The summed E-state index contributed by atoms with van der Waals surface area (Å²) in [5.74, 6) is 0. The van der Waals surface area contributed by atoms with E-state index in [-0.39, 0.29) is 0 Å². The van der Waals surface area contributed by atoms with Gasteiger partial charge in [0, 0.05) is 0 Å². The molecule has 14 heavy (non-hydrogen) atoms. The van der Waals surface area contributed by atoms with Crippen LogP contribution in [0.2, 0.25) is 19.1 Å². The minimum absolute atomic E-state index is 1.15. The third-order valence-electron chi connectivity index (χ3n) is 2.20. The normalized spacial score (nSPS) is 11.9. The number of hydrogen-bond acceptors (Lipinski definition) is 0. The standard InChI is InChI=1S/C13H18Si/c1-4-11-14(2,3)12-10-13-8-6-5-7-9-13/h4-10,12H,1,11H2,2-3H3/b12-10+. The van der Waals surface area contributed by atoms with Gasteiger partial charge in [-0.2, -0.15) is 0 Å². The molecule has 0 fully saturated rings. The maximum absolute atomic E-state index is 3.80. The van der Waals surface area contributed by atoms with Crippen molar-refractivity contribution in [3.05, 3.63) is 54.2 Å². The minimum Gasteiger partial charge on any atom is -0.103 e. The van der Waals surface area contributed by atoms with Crippen LogP contribution in [0.1, 0.15) is 5.56 Å². The summed E-state index contributed by atoms with van der Waals surface area (Å²) in [6.45, 7) is 8.51. The van der Waals surface area contributed by atoms with Crippen LogP contribution in [0.3, 0.4) is 0 Å². The van der Waals surface area contributed by atoms with Crippen molar-refractivity contribution < 1.29 is 0 Å². The molecule has 0 aliphatic heterocycles. The summed E-state index contributed by atoms with van der Waals surface area (Å²) >= 11 is 0. The molecule has 0 spiro atoms. The van der Waals surface area contributed by atoms with Crippen LogP contribution in [0.5, 0.6) is 0 Å². The Bertz CT molecular complexity index is 309. The lowest BCUT2D eigenvalue weighted by molar-refractivity contribution is 1.56. The van der Waals surface area contributed by atoms with E-state index in [0.717, 1.165) is 6.04 Å². The molecule has 0 saturated carbocycles. The van der Waals surface area contributed by atoms with Gasteiger partial charge in [0.2, 0.25) is 0 Å². The van der Waals surface area contributed by atoms with E-state index in [1.807, 2.05) is 12.1 Å². The van der Waals surface area contributed by atoms with Gasteiger partial charge in [-0.3, -0.25) is 0 Å². The van der Waals surface area contributed by atoms with E-state index in [0.29, 0.717) is 0 Å². The second kappa shape index (κ2) is 4.96. The topological polar surface area (TPSA) is 0 Å². The molecule has 0 aliphatic carbocycles. The highest BCUT2D eigenvalue weighted by Gasteiger charge is 2.13. The Morgan fingerprint density at radius 2 is 1.86 bits per heavy atom. The van der Waals surface area contributed by atoms with Crippen LogP contribution in [0.15, 0.2) is 48.7 Å². The van der Waals surface area contributed by atoms with Crippen molar-refractivity contribution >= 4 is 14.1 Å². The lowest BCUT2D eigenvalue weighted by Gasteiger charge is -2.14. The maximum atomic E-state index is 3.80. The molecule has 0 bridgehead atoms. The highest BCUT2D eigenvalue weighted by molar-refractivity contribution is 6.83. The molecule has 0 unspecified atom stereocenters. The molecule has 1 aromatic rings. The smallest absolute Gasteiger partial charge is 0.0754 e. The fraction of sp³-hybridized carbons (Fsp3) is 0.231. The van der Waals surface area contributed by atoms with E-state index >= 15 is 0 Å². The zero-order chi connectivity index (χ0) is 10.4. The van der Waals surface area contributed by atoms with Crippen LogP contribution in [-0.4, -0.2) is 8.07 Å². The molecule has 1 rings (SSSR count). The second-order valence-electron chi connectivity index (χ2n) is 4.23. The Kier molecular flexibility index (Phi) is 3.90.